The van der Waals surface area contributed by atoms with Crippen LogP contribution in [0.1, 0.15) is 43.9 Å². The molecule has 2 aromatic rings. The summed E-state index contributed by atoms with van der Waals surface area (Å²) < 4.78 is 1.41. The van der Waals surface area contributed by atoms with Gasteiger partial charge in [-0.25, -0.2) is 4.98 Å². The number of aromatic nitrogens is 2. The van der Waals surface area contributed by atoms with E-state index in [1.54, 1.807) is 0 Å². The Bertz CT molecular complexity index is 790. The quantitative estimate of drug-likeness (QED) is 0.830. The second-order valence-electron chi connectivity index (χ2n) is 7.45. The minimum Gasteiger partial charge on any atom is -0.341 e. The molecule has 1 fully saturated rings. The molecule has 0 unspecified atom stereocenters. The molecule has 1 saturated heterocycles. The molecule has 1 aliphatic heterocycles. The van der Waals surface area contributed by atoms with Gasteiger partial charge < -0.3 is 4.90 Å². The first-order valence-electron chi connectivity index (χ1n) is 9.41. The van der Waals surface area contributed by atoms with E-state index in [0.717, 1.165) is 38.0 Å². The van der Waals surface area contributed by atoms with Crippen LogP contribution in [0.2, 0.25) is 0 Å². The lowest BCUT2D eigenvalue weighted by atomic mass is 9.90. The van der Waals surface area contributed by atoms with Gasteiger partial charge in [0.25, 0.3) is 5.56 Å². The van der Waals surface area contributed by atoms with Crippen molar-refractivity contribution in [3.8, 4) is 0 Å². The third-order valence-corrected chi connectivity index (χ3v) is 5.13. The van der Waals surface area contributed by atoms with Crippen LogP contribution in [0.5, 0.6) is 0 Å². The third-order valence-electron chi connectivity index (χ3n) is 5.13. The molecule has 0 bridgehead atoms. The lowest BCUT2D eigenvalue weighted by Gasteiger charge is -2.32. The Balaban J connectivity index is 1.53. The van der Waals surface area contributed by atoms with Gasteiger partial charge in [-0.05, 0) is 36.7 Å². The molecule has 2 heterocycles. The predicted molar refractivity (Wildman–Crippen MR) is 102 cm³/mol. The second kappa shape index (κ2) is 8.30. The van der Waals surface area contributed by atoms with Crippen molar-refractivity contribution in [2.75, 3.05) is 13.1 Å². The summed E-state index contributed by atoms with van der Waals surface area (Å²) >= 11 is 0. The number of likely N-dealkylation sites (tertiary alicyclic amines) is 1. The van der Waals surface area contributed by atoms with Crippen LogP contribution in [0, 0.1) is 5.92 Å². The van der Waals surface area contributed by atoms with E-state index in [1.165, 1.54) is 22.5 Å². The van der Waals surface area contributed by atoms with Crippen LogP contribution in [-0.2, 0) is 17.8 Å². The molecule has 1 aromatic heterocycles. The Kier molecular flexibility index (Phi) is 5.86. The first kappa shape index (κ1) is 18.4. The number of hydrogen-bond donors (Lipinski definition) is 0. The third kappa shape index (κ3) is 4.59. The van der Waals surface area contributed by atoms with Gasteiger partial charge in [-0.15, -0.1) is 0 Å². The standard InChI is InChI=1S/C21H27N3O2/c1-16(2)19-13-20(25)24(15-22-19)14-21(26)23-10-8-18(9-11-23)12-17-6-4-3-5-7-17/h3-7,13,15-16,18H,8-12,14H2,1-2H3. The monoisotopic (exact) mass is 353 g/mol. The van der Waals surface area contributed by atoms with Gasteiger partial charge in [0.2, 0.25) is 5.91 Å². The minimum absolute atomic E-state index is 0.00404. The van der Waals surface area contributed by atoms with Crippen molar-refractivity contribution in [3.05, 3.63) is 64.3 Å². The zero-order valence-electron chi connectivity index (χ0n) is 15.6. The molecule has 1 aromatic carbocycles. The van der Waals surface area contributed by atoms with Crippen molar-refractivity contribution < 1.29 is 4.79 Å². The molecule has 0 aliphatic carbocycles. The molecule has 5 nitrogen and oxygen atoms in total. The first-order chi connectivity index (χ1) is 12.5. The number of carbonyl (C=O) groups is 1. The van der Waals surface area contributed by atoms with Gasteiger partial charge in [-0.2, -0.15) is 0 Å². The predicted octanol–water partition coefficient (Wildman–Crippen LogP) is 2.85. The Morgan fingerprint density at radius 3 is 2.50 bits per heavy atom. The fraction of sp³-hybridized carbons (Fsp3) is 0.476. The zero-order valence-corrected chi connectivity index (χ0v) is 15.6. The van der Waals surface area contributed by atoms with E-state index in [9.17, 15) is 9.59 Å². The summed E-state index contributed by atoms with van der Waals surface area (Å²) in [5.74, 6) is 0.831. The Morgan fingerprint density at radius 2 is 1.88 bits per heavy atom. The SMILES string of the molecule is CC(C)c1cc(=O)n(CC(=O)N2CCC(Cc3ccccc3)CC2)cn1. The van der Waals surface area contributed by atoms with Gasteiger partial charge in [0.1, 0.15) is 6.54 Å². The maximum Gasteiger partial charge on any atom is 0.254 e. The molecule has 0 radical (unpaired) electrons. The fourth-order valence-corrected chi connectivity index (χ4v) is 3.45. The summed E-state index contributed by atoms with van der Waals surface area (Å²) in [5, 5.41) is 0. The van der Waals surface area contributed by atoms with Crippen molar-refractivity contribution in [2.24, 2.45) is 5.92 Å². The molecular weight excluding hydrogens is 326 g/mol. The molecular formula is C21H27N3O2. The molecule has 1 amide bonds. The van der Waals surface area contributed by atoms with Crippen LogP contribution in [-0.4, -0.2) is 33.4 Å². The van der Waals surface area contributed by atoms with E-state index in [0.29, 0.717) is 5.92 Å². The number of carbonyl (C=O) groups excluding carboxylic acids is 1. The molecule has 3 rings (SSSR count). The average Bonchev–Trinajstić information content (AvgIpc) is 2.64. The van der Waals surface area contributed by atoms with E-state index < -0.39 is 0 Å². The number of piperidine rings is 1. The lowest BCUT2D eigenvalue weighted by Crippen LogP contribution is -2.41. The van der Waals surface area contributed by atoms with Gasteiger partial charge in [0, 0.05) is 19.2 Å². The van der Waals surface area contributed by atoms with Crippen LogP contribution in [0.4, 0.5) is 0 Å². The highest BCUT2D eigenvalue weighted by molar-refractivity contribution is 5.76. The summed E-state index contributed by atoms with van der Waals surface area (Å²) in [6.07, 6.45) is 4.60. The topological polar surface area (TPSA) is 55.2 Å². The van der Waals surface area contributed by atoms with Crippen molar-refractivity contribution >= 4 is 5.91 Å². The summed E-state index contributed by atoms with van der Waals surface area (Å²) in [5.41, 5.74) is 1.97. The number of benzene rings is 1. The second-order valence-corrected chi connectivity index (χ2v) is 7.45. The van der Waals surface area contributed by atoms with Gasteiger partial charge in [-0.3, -0.25) is 14.2 Å². The van der Waals surface area contributed by atoms with Crippen molar-refractivity contribution in [1.29, 1.82) is 0 Å². The Morgan fingerprint density at radius 1 is 1.19 bits per heavy atom. The van der Waals surface area contributed by atoms with Crippen molar-refractivity contribution in [3.63, 3.8) is 0 Å². The number of nitrogens with zero attached hydrogens (tertiary/aromatic N) is 3. The molecule has 0 N–H and O–H groups in total. The van der Waals surface area contributed by atoms with Crippen LogP contribution in [0.3, 0.4) is 0 Å². The summed E-state index contributed by atoms with van der Waals surface area (Å²) in [6.45, 7) is 5.60. The van der Waals surface area contributed by atoms with Gasteiger partial charge in [-0.1, -0.05) is 44.2 Å². The Labute approximate surface area is 154 Å². The van der Waals surface area contributed by atoms with Gasteiger partial charge >= 0.3 is 0 Å². The molecule has 138 valence electrons. The van der Waals surface area contributed by atoms with Crippen LogP contribution in [0.15, 0.2) is 47.5 Å². The molecule has 26 heavy (non-hydrogen) atoms. The highest BCUT2D eigenvalue weighted by Gasteiger charge is 2.23. The first-order valence-corrected chi connectivity index (χ1v) is 9.41. The summed E-state index contributed by atoms with van der Waals surface area (Å²) in [4.78, 5) is 30.9. The van der Waals surface area contributed by atoms with Crippen molar-refractivity contribution in [1.82, 2.24) is 14.5 Å². The highest BCUT2D eigenvalue weighted by Crippen LogP contribution is 2.21. The lowest BCUT2D eigenvalue weighted by molar-refractivity contribution is -0.133. The summed E-state index contributed by atoms with van der Waals surface area (Å²) in [6, 6.07) is 12.0. The number of rotatable bonds is 5. The largest absolute Gasteiger partial charge is 0.341 e. The van der Waals surface area contributed by atoms with E-state index in [2.05, 4.69) is 29.2 Å². The van der Waals surface area contributed by atoms with Crippen LogP contribution in [0.25, 0.3) is 0 Å². The maximum atomic E-state index is 12.5. The minimum atomic E-state index is -0.156. The number of hydrogen-bond acceptors (Lipinski definition) is 3. The summed E-state index contributed by atoms with van der Waals surface area (Å²) in [7, 11) is 0. The molecule has 0 saturated carbocycles. The smallest absolute Gasteiger partial charge is 0.254 e. The van der Waals surface area contributed by atoms with E-state index in [-0.39, 0.29) is 23.9 Å². The average molecular weight is 353 g/mol. The normalized spacial score (nSPS) is 15.4. The van der Waals surface area contributed by atoms with Gasteiger partial charge in [0.15, 0.2) is 0 Å². The molecule has 0 atom stereocenters. The van der Waals surface area contributed by atoms with E-state index in [1.807, 2.05) is 24.8 Å². The molecule has 5 heteroatoms. The molecule has 0 spiro atoms. The fourth-order valence-electron chi connectivity index (χ4n) is 3.45. The van der Waals surface area contributed by atoms with Crippen molar-refractivity contribution in [2.45, 2.75) is 45.6 Å². The van der Waals surface area contributed by atoms with Crippen LogP contribution < -0.4 is 5.56 Å². The highest BCUT2D eigenvalue weighted by atomic mass is 16.2. The van der Waals surface area contributed by atoms with E-state index >= 15 is 0 Å². The van der Waals surface area contributed by atoms with Gasteiger partial charge in [0.05, 0.1) is 12.0 Å². The zero-order chi connectivity index (χ0) is 18.5. The molecule has 1 aliphatic rings. The van der Waals surface area contributed by atoms with E-state index in [4.69, 9.17) is 0 Å². The van der Waals surface area contributed by atoms with Crippen LogP contribution >= 0.6 is 0 Å². The Hall–Kier alpha value is -2.43. The maximum absolute atomic E-state index is 12.5. The number of amides is 1.